The topological polar surface area (TPSA) is 61.0 Å². The summed E-state index contributed by atoms with van der Waals surface area (Å²) in [6.45, 7) is 2.27. The lowest BCUT2D eigenvalue weighted by molar-refractivity contribution is 0.0923. The summed E-state index contributed by atoms with van der Waals surface area (Å²) in [6.07, 6.45) is 6.46. The number of rotatable bonds is 5. The van der Waals surface area contributed by atoms with Gasteiger partial charge in [-0.2, -0.15) is 0 Å². The molecule has 7 heteroatoms. The van der Waals surface area contributed by atoms with E-state index >= 15 is 0 Å². The number of piperidine rings is 1. The number of amides is 1. The average molecular weight is 401 g/mol. The van der Waals surface area contributed by atoms with Crippen LogP contribution in [0.4, 0.5) is 4.39 Å². The van der Waals surface area contributed by atoms with Crippen molar-refractivity contribution in [1.82, 2.24) is 20.2 Å². The van der Waals surface area contributed by atoms with E-state index in [2.05, 4.69) is 20.2 Å². The van der Waals surface area contributed by atoms with Gasteiger partial charge in [0.15, 0.2) is 0 Å². The summed E-state index contributed by atoms with van der Waals surface area (Å²) in [4.78, 5) is 22.4. The summed E-state index contributed by atoms with van der Waals surface area (Å²) in [7, 11) is 0. The lowest BCUT2D eigenvalue weighted by atomic mass is 10.0. The highest BCUT2D eigenvalue weighted by molar-refractivity contribution is 6.38. The van der Waals surface area contributed by atoms with Crippen molar-refractivity contribution in [3.8, 4) is 0 Å². The number of carbonyl (C=O) groups is 1. The molecule has 2 N–H and O–H groups in total. The lowest BCUT2D eigenvalue weighted by Crippen LogP contribution is -2.41. The number of halogens is 2. The molecule has 1 amide bonds. The highest BCUT2D eigenvalue weighted by Gasteiger charge is 2.24. The molecule has 0 aliphatic carbocycles. The standard InChI is InChI=1S/C21H22ClFN4O/c22-20-15-8-9-24-17(15)7-5-16(20)21(28)26-13-19(27-10-2-1-3-11-27)18-6-4-14(23)12-25-18/h4-9,12,19,24H,1-3,10-11,13H2,(H,26,28). The average Bonchev–Trinajstić information content (AvgIpc) is 3.20. The molecule has 0 spiro atoms. The minimum atomic E-state index is -0.364. The molecule has 0 saturated carbocycles. The van der Waals surface area contributed by atoms with Crippen LogP contribution in [0.15, 0.2) is 42.7 Å². The van der Waals surface area contributed by atoms with Crippen molar-refractivity contribution in [2.75, 3.05) is 19.6 Å². The van der Waals surface area contributed by atoms with Crippen LogP contribution in [0.1, 0.15) is 41.4 Å². The van der Waals surface area contributed by atoms with Crippen LogP contribution in [0.3, 0.4) is 0 Å². The Hall–Kier alpha value is -2.44. The minimum absolute atomic E-state index is 0.0976. The number of fused-ring (bicyclic) bond motifs is 1. The number of carbonyl (C=O) groups excluding carboxylic acids is 1. The summed E-state index contributed by atoms with van der Waals surface area (Å²) in [6, 6.07) is 8.44. The van der Waals surface area contributed by atoms with Gasteiger partial charge >= 0.3 is 0 Å². The molecule has 2 aromatic heterocycles. The number of nitrogens with one attached hydrogen (secondary N) is 2. The first-order chi connectivity index (χ1) is 13.6. The fourth-order valence-corrected chi connectivity index (χ4v) is 4.11. The number of benzene rings is 1. The van der Waals surface area contributed by atoms with Crippen LogP contribution >= 0.6 is 11.6 Å². The van der Waals surface area contributed by atoms with Gasteiger partial charge in [-0.25, -0.2) is 4.39 Å². The monoisotopic (exact) mass is 400 g/mol. The molecule has 1 saturated heterocycles. The Morgan fingerprint density at radius 3 is 2.79 bits per heavy atom. The van der Waals surface area contributed by atoms with E-state index < -0.39 is 0 Å². The third-order valence-corrected chi connectivity index (χ3v) is 5.70. The van der Waals surface area contributed by atoms with E-state index in [1.54, 1.807) is 18.3 Å². The Morgan fingerprint density at radius 1 is 1.21 bits per heavy atom. The largest absolute Gasteiger partial charge is 0.361 e. The number of aromatic amines is 1. The zero-order chi connectivity index (χ0) is 19.5. The maximum absolute atomic E-state index is 13.3. The quantitative estimate of drug-likeness (QED) is 0.670. The van der Waals surface area contributed by atoms with Crippen LogP contribution in [0.5, 0.6) is 0 Å². The second-order valence-corrected chi connectivity index (χ2v) is 7.47. The van der Waals surface area contributed by atoms with Crippen LogP contribution in [0, 0.1) is 5.82 Å². The second kappa shape index (κ2) is 8.29. The van der Waals surface area contributed by atoms with E-state index in [0.717, 1.165) is 42.5 Å². The van der Waals surface area contributed by atoms with Crippen LogP contribution < -0.4 is 5.32 Å². The summed E-state index contributed by atoms with van der Waals surface area (Å²) in [5, 5.41) is 4.26. The highest BCUT2D eigenvalue weighted by atomic mass is 35.5. The molecule has 1 unspecified atom stereocenters. The van der Waals surface area contributed by atoms with Gasteiger partial charge in [-0.05, 0) is 56.3 Å². The number of likely N-dealkylation sites (tertiary alicyclic amines) is 1. The zero-order valence-electron chi connectivity index (χ0n) is 15.4. The summed E-state index contributed by atoms with van der Waals surface area (Å²) >= 11 is 6.43. The highest BCUT2D eigenvalue weighted by Crippen LogP contribution is 2.27. The Morgan fingerprint density at radius 2 is 2.04 bits per heavy atom. The van der Waals surface area contributed by atoms with Gasteiger partial charge in [-0.1, -0.05) is 18.0 Å². The van der Waals surface area contributed by atoms with E-state index in [0.29, 0.717) is 17.1 Å². The van der Waals surface area contributed by atoms with E-state index in [-0.39, 0.29) is 17.8 Å². The zero-order valence-corrected chi connectivity index (χ0v) is 16.2. The maximum Gasteiger partial charge on any atom is 0.252 e. The van der Waals surface area contributed by atoms with Crippen molar-refractivity contribution >= 4 is 28.4 Å². The predicted molar refractivity (Wildman–Crippen MR) is 108 cm³/mol. The minimum Gasteiger partial charge on any atom is -0.361 e. The van der Waals surface area contributed by atoms with Crippen molar-refractivity contribution in [2.45, 2.75) is 25.3 Å². The van der Waals surface area contributed by atoms with Gasteiger partial charge in [0.25, 0.3) is 5.91 Å². The molecule has 5 nitrogen and oxygen atoms in total. The predicted octanol–water partition coefficient (Wildman–Crippen LogP) is 4.31. The van der Waals surface area contributed by atoms with Crippen LogP contribution in [0.2, 0.25) is 5.02 Å². The Kier molecular flexibility index (Phi) is 5.59. The Balaban J connectivity index is 1.53. The maximum atomic E-state index is 13.3. The van der Waals surface area contributed by atoms with Gasteiger partial charge < -0.3 is 10.3 Å². The van der Waals surface area contributed by atoms with E-state index in [4.69, 9.17) is 11.6 Å². The van der Waals surface area contributed by atoms with Crippen LogP contribution in [-0.2, 0) is 0 Å². The Bertz CT molecular complexity index is 966. The van der Waals surface area contributed by atoms with Crippen LogP contribution in [0.25, 0.3) is 10.9 Å². The van der Waals surface area contributed by atoms with Gasteiger partial charge in [0.05, 0.1) is 28.5 Å². The van der Waals surface area contributed by atoms with Crippen molar-refractivity contribution in [1.29, 1.82) is 0 Å². The van der Waals surface area contributed by atoms with Gasteiger partial charge in [0.2, 0.25) is 0 Å². The molecule has 1 aliphatic rings. The molecular formula is C21H22ClFN4O. The van der Waals surface area contributed by atoms with Crippen molar-refractivity contribution in [2.24, 2.45) is 0 Å². The molecule has 28 heavy (non-hydrogen) atoms. The smallest absolute Gasteiger partial charge is 0.252 e. The van der Waals surface area contributed by atoms with Gasteiger partial charge in [0, 0.05) is 23.6 Å². The molecule has 3 heterocycles. The number of nitrogens with zero attached hydrogens (tertiary/aromatic N) is 2. The van der Waals surface area contributed by atoms with Crippen molar-refractivity contribution in [3.05, 3.63) is 64.8 Å². The number of hydrogen-bond acceptors (Lipinski definition) is 3. The molecule has 1 fully saturated rings. The third-order valence-electron chi connectivity index (χ3n) is 5.29. The number of pyridine rings is 1. The summed E-state index contributed by atoms with van der Waals surface area (Å²) in [5.74, 6) is -0.589. The van der Waals surface area contributed by atoms with E-state index in [1.807, 2.05) is 12.1 Å². The number of hydrogen-bond donors (Lipinski definition) is 2. The first-order valence-corrected chi connectivity index (χ1v) is 9.90. The normalized spacial score (nSPS) is 16.2. The summed E-state index contributed by atoms with van der Waals surface area (Å²) in [5.41, 5.74) is 2.09. The second-order valence-electron chi connectivity index (χ2n) is 7.09. The molecule has 4 rings (SSSR count). The van der Waals surface area contributed by atoms with Crippen molar-refractivity contribution < 1.29 is 9.18 Å². The van der Waals surface area contributed by atoms with E-state index in [9.17, 15) is 9.18 Å². The molecule has 1 atom stereocenters. The number of H-pyrrole nitrogens is 1. The van der Waals surface area contributed by atoms with Gasteiger partial charge in [-0.3, -0.25) is 14.7 Å². The number of aromatic nitrogens is 2. The molecule has 0 bridgehead atoms. The Labute approximate surface area is 167 Å². The summed E-state index contributed by atoms with van der Waals surface area (Å²) < 4.78 is 13.3. The first-order valence-electron chi connectivity index (χ1n) is 9.53. The first kappa shape index (κ1) is 18.9. The van der Waals surface area contributed by atoms with E-state index in [1.165, 1.54) is 18.7 Å². The molecule has 3 aromatic rings. The van der Waals surface area contributed by atoms with Gasteiger partial charge in [-0.15, -0.1) is 0 Å². The molecule has 146 valence electrons. The fraction of sp³-hybridized carbons (Fsp3) is 0.333. The van der Waals surface area contributed by atoms with Crippen LogP contribution in [-0.4, -0.2) is 40.4 Å². The lowest BCUT2D eigenvalue weighted by Gasteiger charge is -2.34. The van der Waals surface area contributed by atoms with Gasteiger partial charge in [0.1, 0.15) is 5.82 Å². The third kappa shape index (κ3) is 3.88. The molecular weight excluding hydrogens is 379 g/mol. The molecule has 1 aromatic carbocycles. The fourth-order valence-electron chi connectivity index (χ4n) is 3.79. The molecule has 0 radical (unpaired) electrons. The van der Waals surface area contributed by atoms with Crippen molar-refractivity contribution in [3.63, 3.8) is 0 Å². The molecule has 1 aliphatic heterocycles. The SMILES string of the molecule is O=C(NCC(c1ccc(F)cn1)N1CCCCC1)c1ccc2[nH]ccc2c1Cl.